The van der Waals surface area contributed by atoms with Crippen molar-refractivity contribution in [2.24, 2.45) is 12.0 Å². The van der Waals surface area contributed by atoms with Crippen LogP contribution < -0.4 is 4.80 Å². The van der Waals surface area contributed by atoms with Crippen molar-refractivity contribution in [3.63, 3.8) is 0 Å². The fourth-order valence-electron chi connectivity index (χ4n) is 2.88. The topological polar surface area (TPSA) is 128 Å². The summed E-state index contributed by atoms with van der Waals surface area (Å²) in [7, 11) is -6.27. The number of hydrogen-bond acceptors (Lipinski definition) is 8. The molecule has 1 aromatic carbocycles. The number of aryl methyl sites for hydroxylation is 1. The minimum atomic E-state index is -4.73. The SMILES string of the molecule is CCS(=O)(=O)c1ccc(-c2cnc(C(=O)N=c3sc(C(F)(F)F)nn3C)c(S(=O)(=O)CC)c2)cc1. The number of halogens is 3. The van der Waals surface area contributed by atoms with E-state index in [2.05, 4.69) is 15.1 Å². The molecular formula is C20H19F3N4O5S3. The number of pyridine rings is 1. The van der Waals surface area contributed by atoms with E-state index in [-0.39, 0.29) is 38.1 Å². The van der Waals surface area contributed by atoms with Crippen LogP contribution in [-0.2, 0) is 32.9 Å². The van der Waals surface area contributed by atoms with Gasteiger partial charge in [0.05, 0.1) is 21.3 Å². The predicted octanol–water partition coefficient (Wildman–Crippen LogP) is 2.89. The van der Waals surface area contributed by atoms with Crippen molar-refractivity contribution in [1.82, 2.24) is 14.8 Å². The van der Waals surface area contributed by atoms with E-state index in [0.29, 0.717) is 5.56 Å². The molecule has 0 N–H and O–H groups in total. The smallest absolute Gasteiger partial charge is 0.265 e. The van der Waals surface area contributed by atoms with Crippen molar-refractivity contribution in [2.45, 2.75) is 29.8 Å². The van der Waals surface area contributed by atoms with Gasteiger partial charge in [-0.15, -0.1) is 0 Å². The summed E-state index contributed by atoms with van der Waals surface area (Å²) in [5, 5.41) is 2.07. The second-order valence-electron chi connectivity index (χ2n) is 7.13. The van der Waals surface area contributed by atoms with Crippen LogP contribution in [0.2, 0.25) is 0 Å². The Labute approximate surface area is 202 Å². The average molecular weight is 549 g/mol. The highest BCUT2D eigenvalue weighted by atomic mass is 32.2. The molecule has 0 spiro atoms. The van der Waals surface area contributed by atoms with Gasteiger partial charge >= 0.3 is 6.18 Å². The highest BCUT2D eigenvalue weighted by Gasteiger charge is 2.35. The fourth-order valence-corrected chi connectivity index (χ4v) is 5.57. The molecule has 15 heteroatoms. The third-order valence-corrected chi connectivity index (χ3v) is 9.38. The van der Waals surface area contributed by atoms with Crippen molar-refractivity contribution in [2.75, 3.05) is 11.5 Å². The van der Waals surface area contributed by atoms with Gasteiger partial charge < -0.3 is 0 Å². The number of nitrogens with zero attached hydrogens (tertiary/aromatic N) is 4. The number of hydrogen-bond donors (Lipinski definition) is 0. The van der Waals surface area contributed by atoms with Gasteiger partial charge in [-0.2, -0.15) is 23.3 Å². The molecule has 0 aliphatic heterocycles. The molecule has 2 heterocycles. The number of rotatable bonds is 6. The maximum Gasteiger partial charge on any atom is 0.445 e. The summed E-state index contributed by atoms with van der Waals surface area (Å²) in [4.78, 5) is 19.6. The molecular weight excluding hydrogens is 529 g/mol. The molecule has 0 saturated heterocycles. The van der Waals surface area contributed by atoms with Crippen LogP contribution in [0.4, 0.5) is 13.2 Å². The first kappa shape index (κ1) is 26.7. The zero-order valence-corrected chi connectivity index (χ0v) is 21.0. The van der Waals surface area contributed by atoms with E-state index in [1.165, 1.54) is 57.4 Å². The minimum absolute atomic E-state index is 0.0882. The summed E-state index contributed by atoms with van der Waals surface area (Å²) in [5.74, 6) is -1.62. The molecule has 0 bridgehead atoms. The molecule has 3 aromatic rings. The number of amides is 1. The highest BCUT2D eigenvalue weighted by molar-refractivity contribution is 7.91. The standard InChI is InChI=1S/C20H19F3N4O5S3/c1-4-34(29,30)14-8-6-12(7-9-14)13-10-15(35(31,32)5-2)16(24-11-13)17(28)25-19-27(3)26-18(33-19)20(21,22)23/h6-11H,4-5H2,1-3H3. The van der Waals surface area contributed by atoms with Gasteiger partial charge in [-0.25, -0.2) is 26.5 Å². The van der Waals surface area contributed by atoms with E-state index in [1.807, 2.05) is 0 Å². The molecule has 0 atom stereocenters. The van der Waals surface area contributed by atoms with Crippen LogP contribution in [0.5, 0.6) is 0 Å². The highest BCUT2D eigenvalue weighted by Crippen LogP contribution is 2.29. The number of carbonyl (C=O) groups is 1. The predicted molar refractivity (Wildman–Crippen MR) is 121 cm³/mol. The maximum atomic E-state index is 12.9. The molecule has 1 amide bonds. The van der Waals surface area contributed by atoms with Crippen LogP contribution in [0, 0.1) is 0 Å². The third-order valence-electron chi connectivity index (χ3n) is 4.84. The Morgan fingerprint density at radius 1 is 1.03 bits per heavy atom. The monoisotopic (exact) mass is 548 g/mol. The van der Waals surface area contributed by atoms with E-state index in [1.54, 1.807) is 0 Å². The molecule has 3 rings (SSSR count). The molecule has 0 unspecified atom stereocenters. The van der Waals surface area contributed by atoms with Crippen LogP contribution >= 0.6 is 11.3 Å². The fraction of sp³-hybridized carbons (Fsp3) is 0.300. The maximum absolute atomic E-state index is 12.9. The van der Waals surface area contributed by atoms with Gasteiger partial charge in [-0.1, -0.05) is 37.3 Å². The summed E-state index contributed by atoms with van der Waals surface area (Å²) in [6, 6.07) is 6.90. The van der Waals surface area contributed by atoms with Crippen molar-refractivity contribution >= 4 is 36.9 Å². The molecule has 188 valence electrons. The minimum Gasteiger partial charge on any atom is -0.265 e. The van der Waals surface area contributed by atoms with Crippen LogP contribution in [0.1, 0.15) is 29.3 Å². The molecule has 0 fully saturated rings. The molecule has 2 aromatic heterocycles. The van der Waals surface area contributed by atoms with Crippen LogP contribution in [0.25, 0.3) is 11.1 Å². The van der Waals surface area contributed by atoms with Crippen molar-refractivity contribution in [3.8, 4) is 11.1 Å². The Morgan fingerprint density at radius 2 is 1.63 bits per heavy atom. The summed E-state index contributed by atoms with van der Waals surface area (Å²) < 4.78 is 88.9. The first-order chi connectivity index (χ1) is 16.2. The van der Waals surface area contributed by atoms with E-state index in [9.17, 15) is 34.8 Å². The van der Waals surface area contributed by atoms with E-state index in [0.717, 1.165) is 4.68 Å². The number of sulfone groups is 2. The van der Waals surface area contributed by atoms with Gasteiger partial charge in [0.2, 0.25) is 9.81 Å². The second kappa shape index (κ2) is 9.62. The Bertz CT molecular complexity index is 1560. The second-order valence-corrected chi connectivity index (χ2v) is 12.6. The molecule has 9 nitrogen and oxygen atoms in total. The van der Waals surface area contributed by atoms with Gasteiger partial charge in [0, 0.05) is 18.8 Å². The quantitative estimate of drug-likeness (QED) is 0.463. The lowest BCUT2D eigenvalue weighted by molar-refractivity contribution is -0.138. The zero-order valence-electron chi connectivity index (χ0n) is 18.6. The normalized spacial score (nSPS) is 13.3. The molecule has 0 aliphatic carbocycles. The first-order valence-corrected chi connectivity index (χ1v) is 14.1. The number of aromatic nitrogens is 3. The first-order valence-electron chi connectivity index (χ1n) is 9.96. The van der Waals surface area contributed by atoms with Crippen molar-refractivity contribution in [3.05, 3.63) is 52.0 Å². The Hall–Kier alpha value is -2.91. The molecule has 35 heavy (non-hydrogen) atoms. The van der Waals surface area contributed by atoms with Gasteiger partial charge in [0.1, 0.15) is 5.69 Å². The molecule has 0 aliphatic rings. The van der Waals surface area contributed by atoms with E-state index in [4.69, 9.17) is 0 Å². The third kappa shape index (κ3) is 5.67. The van der Waals surface area contributed by atoms with Crippen LogP contribution in [-0.4, -0.2) is 49.0 Å². The zero-order chi connectivity index (χ0) is 26.2. The van der Waals surface area contributed by atoms with Gasteiger partial charge in [-0.05, 0) is 23.8 Å². The lowest BCUT2D eigenvalue weighted by Crippen LogP contribution is -2.18. The summed E-state index contributed by atoms with van der Waals surface area (Å²) in [6.07, 6.45) is -3.53. The number of carbonyl (C=O) groups excluding carboxylic acids is 1. The van der Waals surface area contributed by atoms with E-state index >= 15 is 0 Å². The lowest BCUT2D eigenvalue weighted by atomic mass is 10.1. The van der Waals surface area contributed by atoms with E-state index < -0.39 is 47.4 Å². The lowest BCUT2D eigenvalue weighted by Gasteiger charge is -2.10. The molecule has 0 radical (unpaired) electrons. The Kier molecular flexibility index (Phi) is 7.34. The number of alkyl halides is 3. The van der Waals surface area contributed by atoms with Crippen molar-refractivity contribution < 1.29 is 34.8 Å². The largest absolute Gasteiger partial charge is 0.445 e. The van der Waals surface area contributed by atoms with Gasteiger partial charge in [0.25, 0.3) is 5.91 Å². The van der Waals surface area contributed by atoms with Crippen molar-refractivity contribution in [1.29, 1.82) is 0 Å². The summed E-state index contributed by atoms with van der Waals surface area (Å²) in [5.41, 5.74) is 0.180. The Morgan fingerprint density at radius 3 is 2.14 bits per heavy atom. The summed E-state index contributed by atoms with van der Waals surface area (Å²) >= 11 is 0.127. The average Bonchev–Trinajstić information content (AvgIpc) is 3.19. The van der Waals surface area contributed by atoms with Crippen LogP contribution in [0.15, 0.2) is 51.3 Å². The van der Waals surface area contributed by atoms with Crippen LogP contribution in [0.3, 0.4) is 0 Å². The molecule has 0 saturated carbocycles. The van der Waals surface area contributed by atoms with Gasteiger partial charge in [-0.3, -0.25) is 4.79 Å². The Balaban J connectivity index is 2.11. The summed E-state index contributed by atoms with van der Waals surface area (Å²) in [6.45, 7) is 2.86. The number of benzene rings is 1. The van der Waals surface area contributed by atoms with Gasteiger partial charge in [0.15, 0.2) is 19.7 Å².